The molecule has 0 radical (unpaired) electrons. The third-order valence-corrected chi connectivity index (χ3v) is 1.91. The summed E-state index contributed by atoms with van der Waals surface area (Å²) in [6.07, 6.45) is 4.43. The van der Waals surface area contributed by atoms with Gasteiger partial charge in [0.15, 0.2) is 0 Å². The molecule has 0 N–H and O–H groups in total. The summed E-state index contributed by atoms with van der Waals surface area (Å²) >= 11 is 0. The monoisotopic (exact) mass is 181 g/mol. The minimum Gasteiger partial charge on any atom is -0.811 e. The average Bonchev–Trinajstić information content (AvgIpc) is 2.16. The van der Waals surface area contributed by atoms with Crippen molar-refractivity contribution in [3.63, 3.8) is 0 Å². The van der Waals surface area contributed by atoms with Crippen molar-refractivity contribution in [3.8, 4) is 5.75 Å². The molecule has 1 aromatic carbocycles. The van der Waals surface area contributed by atoms with Crippen molar-refractivity contribution in [2.24, 2.45) is 0 Å². The van der Waals surface area contributed by atoms with Crippen molar-refractivity contribution in [3.05, 3.63) is 40.8 Å². The van der Waals surface area contributed by atoms with Crippen LogP contribution in [0.4, 0.5) is 0 Å². The Kier molecular flexibility index (Phi) is 6.03. The van der Waals surface area contributed by atoms with E-state index in [0.717, 1.165) is 23.1 Å². The van der Waals surface area contributed by atoms with Crippen LogP contribution >= 0.6 is 0 Å². The van der Waals surface area contributed by atoms with Gasteiger partial charge in [-0.1, -0.05) is 24.3 Å². The summed E-state index contributed by atoms with van der Waals surface area (Å²) in [5, 5.41) is 8.50. The number of methoxy groups -OCH3 is 1. The molecule has 68 valence electrons. The molecule has 1 rings (SSSR count). The van der Waals surface area contributed by atoms with Crippen LogP contribution in [0.5, 0.6) is 5.75 Å². The molecule has 0 aliphatic carbocycles. The maximum atomic E-state index is 8.50. The SMILES string of the molecule is COc1cccc(/C=C\C=[N-])c1C.[Li+]. The summed E-state index contributed by atoms with van der Waals surface area (Å²) < 4.78 is 5.16. The van der Waals surface area contributed by atoms with Crippen LogP contribution in [0.2, 0.25) is 0 Å². The first-order valence-electron chi connectivity index (χ1n) is 4.07. The molecule has 0 heterocycles. The quantitative estimate of drug-likeness (QED) is 0.463. The molecule has 0 fully saturated rings. The Bertz CT molecular complexity index is 334. The second-order valence-corrected chi connectivity index (χ2v) is 2.68. The average molecular weight is 181 g/mol. The van der Waals surface area contributed by atoms with E-state index in [4.69, 9.17) is 10.1 Å². The Balaban J connectivity index is 0.00000169. The van der Waals surface area contributed by atoms with Gasteiger partial charge in [-0.05, 0) is 24.1 Å². The molecule has 0 aliphatic rings. The van der Waals surface area contributed by atoms with E-state index in [-0.39, 0.29) is 18.9 Å². The zero-order valence-corrected chi connectivity index (χ0v) is 8.82. The fraction of sp³-hybridized carbons (Fsp3) is 0.182. The molecule has 14 heavy (non-hydrogen) atoms. The van der Waals surface area contributed by atoms with Crippen LogP contribution in [-0.2, 0) is 0 Å². The summed E-state index contributed by atoms with van der Waals surface area (Å²) in [5.74, 6) is 0.861. The number of ether oxygens (including phenoxy) is 1. The Morgan fingerprint density at radius 3 is 2.64 bits per heavy atom. The van der Waals surface area contributed by atoms with Crippen LogP contribution < -0.4 is 23.6 Å². The van der Waals surface area contributed by atoms with E-state index in [0.29, 0.717) is 0 Å². The van der Waals surface area contributed by atoms with Crippen LogP contribution in [0.25, 0.3) is 11.5 Å². The first kappa shape index (κ1) is 13.0. The third-order valence-electron chi connectivity index (χ3n) is 1.91. The molecule has 0 spiro atoms. The minimum atomic E-state index is 0. The summed E-state index contributed by atoms with van der Waals surface area (Å²) in [4.78, 5) is 0. The van der Waals surface area contributed by atoms with E-state index in [1.54, 1.807) is 13.2 Å². The Labute approximate surface area is 96.7 Å². The molecule has 0 amide bonds. The maximum Gasteiger partial charge on any atom is 1.00 e. The van der Waals surface area contributed by atoms with Crippen molar-refractivity contribution in [2.75, 3.05) is 7.11 Å². The molecule has 2 nitrogen and oxygen atoms in total. The number of allylic oxidation sites excluding steroid dienone is 1. The fourth-order valence-corrected chi connectivity index (χ4v) is 1.18. The van der Waals surface area contributed by atoms with Crippen molar-refractivity contribution in [1.82, 2.24) is 0 Å². The van der Waals surface area contributed by atoms with Crippen LogP contribution in [0.15, 0.2) is 24.3 Å². The molecule has 0 bridgehead atoms. The second-order valence-electron chi connectivity index (χ2n) is 2.68. The normalized spacial score (nSPS) is 9.57. The van der Waals surface area contributed by atoms with E-state index in [2.05, 4.69) is 0 Å². The Hall–Kier alpha value is -0.973. The van der Waals surface area contributed by atoms with Gasteiger partial charge in [0.1, 0.15) is 5.75 Å². The maximum absolute atomic E-state index is 8.50. The molecular formula is C11H12LiNO. The molecule has 3 heteroatoms. The zero-order valence-electron chi connectivity index (χ0n) is 8.82. The molecule has 0 atom stereocenters. The van der Waals surface area contributed by atoms with E-state index in [9.17, 15) is 0 Å². The summed E-state index contributed by atoms with van der Waals surface area (Å²) in [7, 11) is 1.65. The van der Waals surface area contributed by atoms with Crippen molar-refractivity contribution in [2.45, 2.75) is 6.92 Å². The summed E-state index contributed by atoms with van der Waals surface area (Å²) in [6, 6.07) is 5.80. The minimum absolute atomic E-state index is 0. The van der Waals surface area contributed by atoms with Gasteiger partial charge < -0.3 is 10.1 Å². The number of hydrogen-bond acceptors (Lipinski definition) is 1. The number of benzene rings is 1. The van der Waals surface area contributed by atoms with Crippen molar-refractivity contribution >= 4 is 12.3 Å². The van der Waals surface area contributed by atoms with E-state index < -0.39 is 0 Å². The van der Waals surface area contributed by atoms with Gasteiger partial charge in [0.05, 0.1) is 7.11 Å². The molecule has 0 aromatic heterocycles. The van der Waals surface area contributed by atoms with Gasteiger partial charge in [-0.15, -0.1) is 0 Å². The predicted molar refractivity (Wildman–Crippen MR) is 56.2 cm³/mol. The first-order valence-corrected chi connectivity index (χ1v) is 4.07. The molecule has 0 aliphatic heterocycles. The largest absolute Gasteiger partial charge is 1.00 e. The summed E-state index contributed by atoms with van der Waals surface area (Å²) in [6.45, 7) is 1.98. The van der Waals surface area contributed by atoms with Gasteiger partial charge in [-0.3, -0.25) is 0 Å². The van der Waals surface area contributed by atoms with Gasteiger partial charge in [0.25, 0.3) is 0 Å². The van der Waals surface area contributed by atoms with Crippen LogP contribution in [0.1, 0.15) is 11.1 Å². The van der Waals surface area contributed by atoms with Gasteiger partial charge in [-0.2, -0.15) is 6.21 Å². The Morgan fingerprint density at radius 2 is 2.07 bits per heavy atom. The second kappa shape index (κ2) is 6.48. The zero-order chi connectivity index (χ0) is 9.68. The van der Waals surface area contributed by atoms with Crippen molar-refractivity contribution < 1.29 is 23.6 Å². The van der Waals surface area contributed by atoms with Crippen LogP contribution in [-0.4, -0.2) is 13.3 Å². The third kappa shape index (κ3) is 3.06. The topological polar surface area (TPSA) is 31.5 Å². The van der Waals surface area contributed by atoms with Gasteiger partial charge in [-0.25, -0.2) is 0 Å². The number of rotatable bonds is 3. The molecule has 0 saturated carbocycles. The molecule has 1 aromatic rings. The van der Waals surface area contributed by atoms with Crippen molar-refractivity contribution in [1.29, 1.82) is 0 Å². The van der Waals surface area contributed by atoms with Gasteiger partial charge >= 0.3 is 18.9 Å². The Morgan fingerprint density at radius 1 is 1.36 bits per heavy atom. The van der Waals surface area contributed by atoms with Gasteiger partial charge in [0.2, 0.25) is 0 Å². The molecule has 0 saturated heterocycles. The smallest absolute Gasteiger partial charge is 0.811 e. The summed E-state index contributed by atoms with van der Waals surface area (Å²) in [5.41, 5.74) is 2.12. The number of nitrogens with zero attached hydrogens (tertiary/aromatic N) is 1. The van der Waals surface area contributed by atoms with E-state index in [1.807, 2.05) is 31.2 Å². The molecular weight excluding hydrogens is 169 g/mol. The van der Waals surface area contributed by atoms with E-state index in [1.165, 1.54) is 0 Å². The van der Waals surface area contributed by atoms with Gasteiger partial charge in [0, 0.05) is 0 Å². The fourth-order valence-electron chi connectivity index (χ4n) is 1.18. The predicted octanol–water partition coefficient (Wildman–Crippen LogP) is -0.339. The standard InChI is InChI=1S/C11H12NO.Li/c1-9-10(6-4-8-12)5-3-7-11(9)13-2;/h3-8H,1-2H3;/q-1;+1/b6-4-;. The van der Waals surface area contributed by atoms with E-state index >= 15 is 0 Å². The number of hydrogen-bond donors (Lipinski definition) is 0. The van der Waals surface area contributed by atoms with Crippen LogP contribution in [0.3, 0.4) is 0 Å². The van der Waals surface area contributed by atoms with Crippen LogP contribution in [0, 0.1) is 6.92 Å². The molecule has 0 unspecified atom stereocenters. The first-order chi connectivity index (χ1) is 6.29.